The van der Waals surface area contributed by atoms with Crippen LogP contribution in [0.2, 0.25) is 0 Å². The maximum atomic E-state index is 12.1. The van der Waals surface area contributed by atoms with Gasteiger partial charge in [0.25, 0.3) is 0 Å². The number of aryl methyl sites for hydroxylation is 2. The molecule has 0 saturated carbocycles. The number of rotatable bonds is 8. The molecule has 0 bridgehead atoms. The smallest absolute Gasteiger partial charge is 0.387 e. The van der Waals surface area contributed by atoms with E-state index in [4.69, 9.17) is 14.2 Å². The lowest BCUT2D eigenvalue weighted by molar-refractivity contribution is -0.0498. The average molecular weight is 338 g/mol. The zero-order chi connectivity index (χ0) is 17.5. The van der Waals surface area contributed by atoms with E-state index in [1.54, 1.807) is 33.5 Å². The Labute approximate surface area is 139 Å². The summed E-state index contributed by atoms with van der Waals surface area (Å²) in [4.78, 5) is 0. The highest BCUT2D eigenvalue weighted by atomic mass is 19.3. The van der Waals surface area contributed by atoms with E-state index < -0.39 is 6.61 Å². The zero-order valence-corrected chi connectivity index (χ0v) is 13.8. The summed E-state index contributed by atoms with van der Waals surface area (Å²) in [5.74, 6) is 1.92. The van der Waals surface area contributed by atoms with Crippen LogP contribution >= 0.6 is 0 Å². The zero-order valence-electron chi connectivity index (χ0n) is 13.8. The first-order valence-corrected chi connectivity index (χ1v) is 7.40. The van der Waals surface area contributed by atoms with Crippen LogP contribution in [-0.2, 0) is 12.8 Å². The molecular formula is C18H20F2O4. The third kappa shape index (κ3) is 4.50. The first kappa shape index (κ1) is 17.8. The van der Waals surface area contributed by atoms with Crippen molar-refractivity contribution in [2.45, 2.75) is 19.5 Å². The van der Waals surface area contributed by atoms with E-state index in [2.05, 4.69) is 4.74 Å². The molecule has 0 aromatic heterocycles. The molecule has 2 aromatic carbocycles. The third-order valence-corrected chi connectivity index (χ3v) is 3.58. The first-order valence-electron chi connectivity index (χ1n) is 7.40. The number of ether oxygens (including phenoxy) is 4. The molecule has 2 aromatic rings. The minimum Gasteiger partial charge on any atom is -0.493 e. The predicted molar refractivity (Wildman–Crippen MR) is 86.6 cm³/mol. The normalized spacial score (nSPS) is 10.6. The van der Waals surface area contributed by atoms with Crippen molar-refractivity contribution in [1.29, 1.82) is 0 Å². The molecule has 0 radical (unpaired) electrons. The van der Waals surface area contributed by atoms with Gasteiger partial charge in [-0.25, -0.2) is 0 Å². The van der Waals surface area contributed by atoms with Crippen LogP contribution in [0.15, 0.2) is 36.4 Å². The fourth-order valence-corrected chi connectivity index (χ4v) is 2.41. The Balaban J connectivity index is 2.08. The second-order valence-corrected chi connectivity index (χ2v) is 5.06. The van der Waals surface area contributed by atoms with Gasteiger partial charge in [-0.3, -0.25) is 0 Å². The summed E-state index contributed by atoms with van der Waals surface area (Å²) < 4.78 is 44.6. The number of hydrogen-bond donors (Lipinski definition) is 0. The maximum absolute atomic E-state index is 12.1. The van der Waals surface area contributed by atoms with Crippen LogP contribution in [0.4, 0.5) is 8.78 Å². The van der Waals surface area contributed by atoms with Gasteiger partial charge >= 0.3 is 6.61 Å². The highest BCUT2D eigenvalue weighted by Crippen LogP contribution is 2.38. The lowest BCUT2D eigenvalue weighted by atomic mass is 10.0. The van der Waals surface area contributed by atoms with Gasteiger partial charge in [0.15, 0.2) is 11.5 Å². The van der Waals surface area contributed by atoms with Crippen LogP contribution in [0.3, 0.4) is 0 Å². The van der Waals surface area contributed by atoms with Gasteiger partial charge in [0.2, 0.25) is 5.75 Å². The van der Waals surface area contributed by atoms with E-state index in [-0.39, 0.29) is 5.75 Å². The minimum absolute atomic E-state index is 0.154. The van der Waals surface area contributed by atoms with E-state index in [0.717, 1.165) is 24.0 Å². The van der Waals surface area contributed by atoms with Gasteiger partial charge in [-0.15, -0.1) is 0 Å². The number of methoxy groups -OCH3 is 3. The van der Waals surface area contributed by atoms with E-state index >= 15 is 0 Å². The molecule has 24 heavy (non-hydrogen) atoms. The summed E-state index contributed by atoms with van der Waals surface area (Å²) in [5, 5.41) is 0. The van der Waals surface area contributed by atoms with Crippen LogP contribution < -0.4 is 18.9 Å². The van der Waals surface area contributed by atoms with Gasteiger partial charge in [0.1, 0.15) is 5.75 Å². The van der Waals surface area contributed by atoms with Crippen molar-refractivity contribution >= 4 is 0 Å². The molecule has 0 aliphatic heterocycles. The summed E-state index contributed by atoms with van der Waals surface area (Å²) in [5.41, 5.74) is 2.04. The highest BCUT2D eigenvalue weighted by molar-refractivity contribution is 5.54. The second kappa shape index (κ2) is 8.38. The summed E-state index contributed by atoms with van der Waals surface area (Å²) in [6, 6.07) is 10.4. The van der Waals surface area contributed by atoms with Gasteiger partial charge in [0, 0.05) is 0 Å². The summed E-state index contributed by atoms with van der Waals surface area (Å²) >= 11 is 0. The number of benzene rings is 2. The Hall–Kier alpha value is -2.50. The van der Waals surface area contributed by atoms with Crippen LogP contribution in [-0.4, -0.2) is 27.9 Å². The number of halogens is 2. The molecule has 4 nitrogen and oxygen atoms in total. The van der Waals surface area contributed by atoms with Crippen LogP contribution in [0, 0.1) is 0 Å². The van der Waals surface area contributed by atoms with Crippen molar-refractivity contribution < 1.29 is 27.7 Å². The molecular weight excluding hydrogens is 318 g/mol. The topological polar surface area (TPSA) is 36.9 Å². The fraction of sp³-hybridized carbons (Fsp3) is 0.333. The largest absolute Gasteiger partial charge is 0.493 e. The summed E-state index contributed by atoms with van der Waals surface area (Å²) in [6.07, 6.45) is 1.49. The van der Waals surface area contributed by atoms with Crippen molar-refractivity contribution in [2.75, 3.05) is 21.3 Å². The Bertz CT molecular complexity index is 632. The molecule has 0 fully saturated rings. The van der Waals surface area contributed by atoms with Crippen LogP contribution in [0.1, 0.15) is 11.1 Å². The van der Waals surface area contributed by atoms with E-state index in [9.17, 15) is 8.78 Å². The standard InChI is InChI=1S/C18H20F2O4/c1-21-15-10-13(11-16(22-2)17(15)23-3)5-4-12-6-8-14(9-7-12)24-18(19)20/h6-11,18H,4-5H2,1-3H3. The van der Waals surface area contributed by atoms with Gasteiger partial charge in [-0.05, 0) is 48.2 Å². The molecule has 0 amide bonds. The van der Waals surface area contributed by atoms with E-state index in [0.29, 0.717) is 17.2 Å². The quantitative estimate of drug-likeness (QED) is 0.726. The molecule has 2 rings (SSSR count). The molecule has 0 heterocycles. The van der Waals surface area contributed by atoms with Crippen molar-refractivity contribution in [3.05, 3.63) is 47.5 Å². The monoisotopic (exact) mass is 338 g/mol. The molecule has 0 aliphatic carbocycles. The fourth-order valence-electron chi connectivity index (χ4n) is 2.41. The van der Waals surface area contributed by atoms with E-state index in [1.165, 1.54) is 12.1 Å². The highest BCUT2D eigenvalue weighted by Gasteiger charge is 2.13. The summed E-state index contributed by atoms with van der Waals surface area (Å²) in [7, 11) is 4.70. The minimum atomic E-state index is -2.81. The molecule has 0 aliphatic rings. The van der Waals surface area contributed by atoms with Gasteiger partial charge < -0.3 is 18.9 Å². The van der Waals surface area contributed by atoms with Crippen molar-refractivity contribution in [1.82, 2.24) is 0 Å². The lowest BCUT2D eigenvalue weighted by Crippen LogP contribution is -2.02. The third-order valence-electron chi connectivity index (χ3n) is 3.58. The van der Waals surface area contributed by atoms with Crippen LogP contribution in [0.25, 0.3) is 0 Å². The summed E-state index contributed by atoms with van der Waals surface area (Å²) in [6.45, 7) is -2.81. The number of hydrogen-bond acceptors (Lipinski definition) is 4. The van der Waals surface area contributed by atoms with Gasteiger partial charge in [-0.2, -0.15) is 8.78 Å². The maximum Gasteiger partial charge on any atom is 0.387 e. The Morgan fingerprint density at radius 1 is 0.792 bits per heavy atom. The molecule has 0 atom stereocenters. The lowest BCUT2D eigenvalue weighted by Gasteiger charge is -2.14. The van der Waals surface area contributed by atoms with Crippen molar-refractivity contribution in [3.63, 3.8) is 0 Å². The molecule has 0 unspecified atom stereocenters. The Morgan fingerprint density at radius 3 is 1.79 bits per heavy atom. The van der Waals surface area contributed by atoms with Gasteiger partial charge in [-0.1, -0.05) is 12.1 Å². The SMILES string of the molecule is COc1cc(CCc2ccc(OC(F)F)cc2)cc(OC)c1OC. The van der Waals surface area contributed by atoms with Crippen molar-refractivity contribution in [2.24, 2.45) is 0 Å². The van der Waals surface area contributed by atoms with E-state index in [1.807, 2.05) is 12.1 Å². The molecule has 0 N–H and O–H groups in total. The second-order valence-electron chi connectivity index (χ2n) is 5.06. The Morgan fingerprint density at radius 2 is 1.33 bits per heavy atom. The molecule has 0 saturated heterocycles. The average Bonchev–Trinajstić information content (AvgIpc) is 2.59. The number of alkyl halides is 2. The van der Waals surface area contributed by atoms with Crippen LogP contribution in [0.5, 0.6) is 23.0 Å². The first-order chi connectivity index (χ1) is 11.6. The van der Waals surface area contributed by atoms with Gasteiger partial charge in [0.05, 0.1) is 21.3 Å². The molecule has 130 valence electrons. The Kier molecular flexibility index (Phi) is 6.23. The molecule has 6 heteroatoms. The predicted octanol–water partition coefficient (Wildman–Crippen LogP) is 4.10. The molecule has 0 spiro atoms. The van der Waals surface area contributed by atoms with Crippen molar-refractivity contribution in [3.8, 4) is 23.0 Å².